The lowest BCUT2D eigenvalue weighted by molar-refractivity contribution is -0.155. The molecule has 0 saturated heterocycles. The van der Waals surface area contributed by atoms with Crippen molar-refractivity contribution >= 4 is 17.5 Å². The summed E-state index contributed by atoms with van der Waals surface area (Å²) in [6.07, 6.45) is -5.45. The van der Waals surface area contributed by atoms with Crippen LogP contribution in [0, 0.1) is 0 Å². The van der Waals surface area contributed by atoms with Gasteiger partial charge in [0.2, 0.25) is 5.91 Å². The van der Waals surface area contributed by atoms with Crippen molar-refractivity contribution in [2.45, 2.75) is 18.5 Å². The van der Waals surface area contributed by atoms with Crippen molar-refractivity contribution in [1.82, 2.24) is 4.90 Å². The summed E-state index contributed by atoms with van der Waals surface area (Å²) in [5, 5.41) is 2.42. The first-order chi connectivity index (χ1) is 14.1. The standard InChI is InChI=1S/C21H23F3N2O4/c1-26(2)20(28)14-10-17(29-3)18(30-4)12-16(14)25-19(27)11-15(21(22,23)24)13-8-6-5-7-9-13/h5-10,12,15H,11H2,1-4H3,(H,25,27). The molecule has 2 rings (SSSR count). The third-order valence-corrected chi connectivity index (χ3v) is 4.42. The van der Waals surface area contributed by atoms with Gasteiger partial charge in [-0.2, -0.15) is 13.2 Å². The van der Waals surface area contributed by atoms with Gasteiger partial charge in [0.05, 0.1) is 31.4 Å². The topological polar surface area (TPSA) is 67.9 Å². The highest BCUT2D eigenvalue weighted by atomic mass is 19.4. The van der Waals surface area contributed by atoms with Gasteiger partial charge in [0.1, 0.15) is 0 Å². The fraction of sp³-hybridized carbons (Fsp3) is 0.333. The van der Waals surface area contributed by atoms with Gasteiger partial charge in [-0.3, -0.25) is 9.59 Å². The Bertz CT molecular complexity index is 899. The molecule has 2 aromatic carbocycles. The maximum atomic E-state index is 13.6. The molecule has 1 N–H and O–H groups in total. The van der Waals surface area contributed by atoms with Crippen molar-refractivity contribution in [2.75, 3.05) is 33.6 Å². The lowest BCUT2D eigenvalue weighted by atomic mass is 9.94. The molecule has 0 bridgehead atoms. The molecule has 0 aliphatic rings. The molecule has 1 unspecified atom stereocenters. The Morgan fingerprint density at radius 3 is 2.10 bits per heavy atom. The van der Waals surface area contributed by atoms with Crippen LogP contribution >= 0.6 is 0 Å². The summed E-state index contributed by atoms with van der Waals surface area (Å²) < 4.78 is 51.0. The number of benzene rings is 2. The molecule has 0 radical (unpaired) electrons. The first kappa shape index (κ1) is 23.1. The average Bonchev–Trinajstić information content (AvgIpc) is 2.70. The summed E-state index contributed by atoms with van der Waals surface area (Å²) in [6.45, 7) is 0. The van der Waals surface area contributed by atoms with Crippen molar-refractivity contribution in [2.24, 2.45) is 0 Å². The van der Waals surface area contributed by atoms with Crippen molar-refractivity contribution < 1.29 is 32.2 Å². The van der Waals surface area contributed by atoms with Crippen LogP contribution in [0.4, 0.5) is 18.9 Å². The van der Waals surface area contributed by atoms with Crippen molar-refractivity contribution in [1.29, 1.82) is 0 Å². The van der Waals surface area contributed by atoms with Crippen molar-refractivity contribution in [3.8, 4) is 11.5 Å². The SMILES string of the molecule is COc1cc(NC(=O)CC(c2ccccc2)C(F)(F)F)c(C(=O)N(C)C)cc1OC. The van der Waals surface area contributed by atoms with Gasteiger partial charge in [-0.15, -0.1) is 0 Å². The van der Waals surface area contributed by atoms with E-state index < -0.39 is 30.3 Å². The van der Waals surface area contributed by atoms with Gasteiger partial charge in [0.25, 0.3) is 5.91 Å². The van der Waals surface area contributed by atoms with Crippen LogP contribution < -0.4 is 14.8 Å². The number of anilines is 1. The van der Waals surface area contributed by atoms with Gasteiger partial charge < -0.3 is 19.7 Å². The number of rotatable bonds is 7. The number of hydrogen-bond acceptors (Lipinski definition) is 4. The molecule has 30 heavy (non-hydrogen) atoms. The minimum atomic E-state index is -4.61. The number of carbonyl (C=O) groups excluding carboxylic acids is 2. The van der Waals surface area contributed by atoms with Crippen LogP contribution in [0.5, 0.6) is 11.5 Å². The number of alkyl halides is 3. The Balaban J connectivity index is 2.37. The number of nitrogens with one attached hydrogen (secondary N) is 1. The Morgan fingerprint density at radius 2 is 1.60 bits per heavy atom. The van der Waals surface area contributed by atoms with Gasteiger partial charge in [-0.1, -0.05) is 30.3 Å². The van der Waals surface area contributed by atoms with Gasteiger partial charge in [-0.05, 0) is 11.6 Å². The summed E-state index contributed by atoms with van der Waals surface area (Å²) in [6, 6.07) is 9.92. The molecule has 0 aliphatic carbocycles. The molecule has 9 heteroatoms. The van der Waals surface area contributed by atoms with E-state index in [-0.39, 0.29) is 28.3 Å². The molecule has 162 valence electrons. The van der Waals surface area contributed by atoms with E-state index in [2.05, 4.69) is 5.32 Å². The molecule has 0 heterocycles. The fourth-order valence-electron chi connectivity index (χ4n) is 2.89. The molecule has 2 amide bonds. The van der Waals surface area contributed by atoms with Crippen molar-refractivity contribution in [3.63, 3.8) is 0 Å². The number of nitrogens with zero attached hydrogens (tertiary/aromatic N) is 1. The Morgan fingerprint density at radius 1 is 1.03 bits per heavy atom. The van der Waals surface area contributed by atoms with Crippen LogP contribution in [-0.2, 0) is 4.79 Å². The summed E-state index contributed by atoms with van der Waals surface area (Å²) >= 11 is 0. The number of halogens is 3. The molecule has 0 saturated carbocycles. The van der Waals surface area contributed by atoms with E-state index in [4.69, 9.17) is 9.47 Å². The third-order valence-electron chi connectivity index (χ3n) is 4.42. The number of hydrogen-bond donors (Lipinski definition) is 1. The Labute approximate surface area is 172 Å². The second-order valence-electron chi connectivity index (χ2n) is 6.71. The predicted octanol–water partition coefficient (Wildman–Crippen LogP) is 4.08. The average molecular weight is 424 g/mol. The highest BCUT2D eigenvalue weighted by Gasteiger charge is 2.42. The summed E-state index contributed by atoms with van der Waals surface area (Å²) in [4.78, 5) is 26.3. The normalized spacial score (nSPS) is 12.1. The summed E-state index contributed by atoms with van der Waals surface area (Å²) in [7, 11) is 5.78. The van der Waals surface area contributed by atoms with E-state index in [0.717, 1.165) is 0 Å². The number of amides is 2. The smallest absolute Gasteiger partial charge is 0.396 e. The predicted molar refractivity (Wildman–Crippen MR) is 106 cm³/mol. The van der Waals surface area contributed by atoms with E-state index in [9.17, 15) is 22.8 Å². The molecular weight excluding hydrogens is 401 g/mol. The van der Waals surface area contributed by atoms with Crippen LogP contribution in [0.15, 0.2) is 42.5 Å². The van der Waals surface area contributed by atoms with Gasteiger partial charge in [0, 0.05) is 26.6 Å². The Hall–Kier alpha value is -3.23. The quantitative estimate of drug-likeness (QED) is 0.727. The largest absolute Gasteiger partial charge is 0.493 e. The zero-order valence-corrected chi connectivity index (χ0v) is 17.0. The van der Waals surface area contributed by atoms with Crippen LogP contribution in [-0.4, -0.2) is 51.2 Å². The van der Waals surface area contributed by atoms with E-state index >= 15 is 0 Å². The molecule has 0 aliphatic heterocycles. The van der Waals surface area contributed by atoms with E-state index in [0.29, 0.717) is 0 Å². The van der Waals surface area contributed by atoms with Crippen LogP contribution in [0.25, 0.3) is 0 Å². The fourth-order valence-corrected chi connectivity index (χ4v) is 2.89. The zero-order chi connectivity index (χ0) is 22.5. The lowest BCUT2D eigenvalue weighted by Crippen LogP contribution is -2.28. The second-order valence-corrected chi connectivity index (χ2v) is 6.71. The lowest BCUT2D eigenvalue weighted by Gasteiger charge is -2.21. The Kier molecular flexibility index (Phi) is 7.31. The third kappa shape index (κ3) is 5.43. The van der Waals surface area contributed by atoms with Crippen LogP contribution in [0.2, 0.25) is 0 Å². The van der Waals surface area contributed by atoms with E-state index in [1.165, 1.54) is 69.6 Å². The van der Waals surface area contributed by atoms with Gasteiger partial charge >= 0.3 is 6.18 Å². The zero-order valence-electron chi connectivity index (χ0n) is 17.0. The maximum absolute atomic E-state index is 13.6. The van der Waals surface area contributed by atoms with Gasteiger partial charge in [0.15, 0.2) is 11.5 Å². The molecule has 6 nitrogen and oxygen atoms in total. The first-order valence-electron chi connectivity index (χ1n) is 8.97. The highest BCUT2D eigenvalue weighted by molar-refractivity contribution is 6.04. The first-order valence-corrected chi connectivity index (χ1v) is 8.97. The van der Waals surface area contributed by atoms with E-state index in [1.807, 2.05) is 0 Å². The van der Waals surface area contributed by atoms with Crippen LogP contribution in [0.1, 0.15) is 28.3 Å². The maximum Gasteiger partial charge on any atom is 0.396 e. The highest BCUT2D eigenvalue weighted by Crippen LogP contribution is 2.38. The van der Waals surface area contributed by atoms with Gasteiger partial charge in [-0.25, -0.2) is 0 Å². The minimum Gasteiger partial charge on any atom is -0.493 e. The molecule has 0 aromatic heterocycles. The monoisotopic (exact) mass is 424 g/mol. The molecular formula is C21H23F3N2O4. The molecule has 0 fully saturated rings. The molecule has 2 aromatic rings. The van der Waals surface area contributed by atoms with Crippen molar-refractivity contribution in [3.05, 3.63) is 53.6 Å². The number of carbonyl (C=O) groups is 2. The summed E-state index contributed by atoms with van der Waals surface area (Å²) in [5.74, 6) is -2.86. The molecule has 0 spiro atoms. The number of methoxy groups -OCH3 is 2. The summed E-state index contributed by atoms with van der Waals surface area (Å²) in [5.41, 5.74) is 0.0802. The minimum absolute atomic E-state index is 0.0166. The number of ether oxygens (including phenoxy) is 2. The van der Waals surface area contributed by atoms with Crippen LogP contribution in [0.3, 0.4) is 0 Å². The van der Waals surface area contributed by atoms with E-state index in [1.54, 1.807) is 6.07 Å². The molecule has 1 atom stereocenters. The second kappa shape index (κ2) is 9.51.